The van der Waals surface area contributed by atoms with Crippen LogP contribution in [0.5, 0.6) is 0 Å². The van der Waals surface area contributed by atoms with Crippen molar-refractivity contribution in [3.8, 4) is 0 Å². The average molecular weight is 224 g/mol. The van der Waals surface area contributed by atoms with Gasteiger partial charge in [-0.05, 0) is 19.3 Å². The molecule has 1 aliphatic carbocycles. The van der Waals surface area contributed by atoms with Crippen molar-refractivity contribution in [1.82, 2.24) is 0 Å². The second-order valence-electron chi connectivity index (χ2n) is 4.92. The third-order valence-corrected chi connectivity index (χ3v) is 3.58. The molecule has 1 N–H and O–H groups in total. The highest BCUT2D eigenvalue weighted by molar-refractivity contribution is 6.11. The van der Waals surface area contributed by atoms with Crippen molar-refractivity contribution in [2.24, 2.45) is 0 Å². The van der Waals surface area contributed by atoms with Crippen molar-refractivity contribution in [2.75, 3.05) is 6.61 Å². The number of rotatable bonds is 3. The lowest BCUT2D eigenvalue weighted by Gasteiger charge is -2.23. The van der Waals surface area contributed by atoms with E-state index < -0.39 is 0 Å². The average Bonchev–Trinajstić information content (AvgIpc) is 2.49. The minimum atomic E-state index is -0.270. The van der Waals surface area contributed by atoms with Crippen LogP contribution in [0, 0.1) is 0 Å². The normalized spacial score (nSPS) is 37.4. The van der Waals surface area contributed by atoms with Gasteiger partial charge in [0.1, 0.15) is 14.0 Å². The Kier molecular flexibility index (Phi) is 4.68. The topological polar surface area (TPSA) is 38.7 Å². The first-order valence-electron chi connectivity index (χ1n) is 6.47. The molecule has 4 heteroatoms. The Morgan fingerprint density at radius 1 is 1.19 bits per heavy atom. The molecule has 90 valence electrons. The molecule has 0 amide bonds. The van der Waals surface area contributed by atoms with Gasteiger partial charge in [0, 0.05) is 6.00 Å². The number of aliphatic hydroxyl groups excluding tert-OH is 1. The first-order chi connectivity index (χ1) is 7.79. The summed E-state index contributed by atoms with van der Waals surface area (Å²) >= 11 is 0. The molecule has 1 saturated heterocycles. The van der Waals surface area contributed by atoms with E-state index in [0.29, 0.717) is 12.5 Å². The zero-order chi connectivity index (χ0) is 11.4. The molecule has 0 bridgehead atoms. The lowest BCUT2D eigenvalue weighted by molar-refractivity contribution is -0.0722. The highest BCUT2D eigenvalue weighted by Gasteiger charge is 2.34. The van der Waals surface area contributed by atoms with Gasteiger partial charge in [-0.2, -0.15) is 0 Å². The van der Waals surface area contributed by atoms with E-state index in [-0.39, 0.29) is 24.8 Å². The first kappa shape index (κ1) is 12.4. The molecule has 2 radical (unpaired) electrons. The summed E-state index contributed by atoms with van der Waals surface area (Å²) in [5.41, 5.74) is 0. The number of ether oxygens (including phenoxy) is 2. The Morgan fingerprint density at radius 2 is 1.88 bits per heavy atom. The van der Waals surface area contributed by atoms with Gasteiger partial charge in [-0.3, -0.25) is 0 Å². The summed E-state index contributed by atoms with van der Waals surface area (Å²) in [6.45, 7) is 0.00505. The maximum atomic E-state index is 9.18. The van der Waals surface area contributed by atoms with Gasteiger partial charge in [0.25, 0.3) is 0 Å². The fourth-order valence-electron chi connectivity index (χ4n) is 2.68. The van der Waals surface area contributed by atoms with Crippen LogP contribution in [-0.2, 0) is 9.47 Å². The van der Waals surface area contributed by atoms with Gasteiger partial charge in [-0.25, -0.2) is 0 Å². The van der Waals surface area contributed by atoms with Crippen molar-refractivity contribution >= 4 is 7.85 Å². The van der Waals surface area contributed by atoms with E-state index in [4.69, 9.17) is 17.3 Å². The molecule has 1 heterocycles. The molecular weight excluding hydrogens is 203 g/mol. The SMILES string of the molecule is [B]C1CC(OC2CCCCCC2)C(CO)O1. The fraction of sp³-hybridized carbons (Fsp3) is 1.00. The predicted octanol–water partition coefficient (Wildman–Crippen LogP) is 1.37. The molecule has 16 heavy (non-hydrogen) atoms. The maximum absolute atomic E-state index is 9.18. The van der Waals surface area contributed by atoms with Crippen molar-refractivity contribution in [3.63, 3.8) is 0 Å². The number of aliphatic hydroxyl groups is 1. The zero-order valence-electron chi connectivity index (χ0n) is 9.81. The Morgan fingerprint density at radius 3 is 2.50 bits per heavy atom. The van der Waals surface area contributed by atoms with Crippen LogP contribution in [0.3, 0.4) is 0 Å². The van der Waals surface area contributed by atoms with E-state index in [2.05, 4.69) is 0 Å². The summed E-state index contributed by atoms with van der Waals surface area (Å²) in [6.07, 6.45) is 8.27. The fourth-order valence-corrected chi connectivity index (χ4v) is 2.68. The lowest BCUT2D eigenvalue weighted by Crippen LogP contribution is -2.31. The standard InChI is InChI=1S/C12H21BO3/c13-12-7-10(11(8-14)16-12)15-9-5-3-1-2-4-6-9/h9-12,14H,1-8H2. The Balaban J connectivity index is 1.82. The molecule has 1 aliphatic heterocycles. The maximum Gasteiger partial charge on any atom is 0.109 e. The third kappa shape index (κ3) is 3.22. The molecule has 0 aromatic rings. The van der Waals surface area contributed by atoms with E-state index in [1.54, 1.807) is 0 Å². The van der Waals surface area contributed by atoms with Gasteiger partial charge in [0.15, 0.2) is 0 Å². The van der Waals surface area contributed by atoms with Crippen LogP contribution < -0.4 is 0 Å². The largest absolute Gasteiger partial charge is 0.394 e. The van der Waals surface area contributed by atoms with Crippen molar-refractivity contribution < 1.29 is 14.6 Å². The van der Waals surface area contributed by atoms with Gasteiger partial charge in [-0.15, -0.1) is 0 Å². The molecule has 0 aromatic heterocycles. The van der Waals surface area contributed by atoms with E-state index >= 15 is 0 Å². The summed E-state index contributed by atoms with van der Waals surface area (Å²) in [4.78, 5) is 0. The minimum Gasteiger partial charge on any atom is -0.394 e. The monoisotopic (exact) mass is 224 g/mol. The molecular formula is C12H21BO3. The van der Waals surface area contributed by atoms with Crippen LogP contribution in [0.25, 0.3) is 0 Å². The lowest BCUT2D eigenvalue weighted by atomic mass is 9.96. The summed E-state index contributed by atoms with van der Waals surface area (Å²) < 4.78 is 11.4. The number of hydrogen-bond donors (Lipinski definition) is 1. The van der Waals surface area contributed by atoms with Crippen LogP contribution in [0.4, 0.5) is 0 Å². The van der Waals surface area contributed by atoms with Gasteiger partial charge < -0.3 is 14.6 Å². The van der Waals surface area contributed by atoms with Gasteiger partial charge in [-0.1, -0.05) is 25.7 Å². The van der Waals surface area contributed by atoms with Crippen molar-refractivity contribution in [2.45, 2.75) is 69.3 Å². The quantitative estimate of drug-likeness (QED) is 0.581. The summed E-state index contributed by atoms with van der Waals surface area (Å²) in [6, 6.07) is -0.270. The summed E-state index contributed by atoms with van der Waals surface area (Å²) in [5.74, 6) is 0. The molecule has 2 aliphatic rings. The van der Waals surface area contributed by atoms with E-state index in [9.17, 15) is 5.11 Å². The molecule has 3 unspecified atom stereocenters. The predicted molar refractivity (Wildman–Crippen MR) is 62.5 cm³/mol. The van der Waals surface area contributed by atoms with Crippen LogP contribution in [0.2, 0.25) is 0 Å². The zero-order valence-corrected chi connectivity index (χ0v) is 9.81. The summed E-state index contributed by atoms with van der Waals surface area (Å²) in [7, 11) is 5.71. The Labute approximate surface area is 98.9 Å². The highest BCUT2D eigenvalue weighted by atomic mass is 16.6. The molecule has 3 nitrogen and oxygen atoms in total. The van der Waals surface area contributed by atoms with Crippen LogP contribution in [-0.4, -0.2) is 43.9 Å². The van der Waals surface area contributed by atoms with E-state index in [1.165, 1.54) is 25.7 Å². The minimum absolute atomic E-state index is 0.00505. The second-order valence-corrected chi connectivity index (χ2v) is 4.92. The second kappa shape index (κ2) is 6.03. The first-order valence-corrected chi connectivity index (χ1v) is 6.47. The third-order valence-electron chi connectivity index (χ3n) is 3.58. The molecule has 0 spiro atoms. The molecule has 2 rings (SSSR count). The molecule has 0 aromatic carbocycles. The van der Waals surface area contributed by atoms with Gasteiger partial charge in [0.2, 0.25) is 0 Å². The van der Waals surface area contributed by atoms with Crippen LogP contribution in [0.15, 0.2) is 0 Å². The Bertz CT molecular complexity index is 204. The number of hydrogen-bond acceptors (Lipinski definition) is 3. The van der Waals surface area contributed by atoms with Crippen LogP contribution >= 0.6 is 0 Å². The molecule has 3 atom stereocenters. The van der Waals surface area contributed by atoms with Crippen molar-refractivity contribution in [1.29, 1.82) is 0 Å². The molecule has 2 fully saturated rings. The van der Waals surface area contributed by atoms with Gasteiger partial charge >= 0.3 is 0 Å². The van der Waals surface area contributed by atoms with E-state index in [1.807, 2.05) is 0 Å². The van der Waals surface area contributed by atoms with Gasteiger partial charge in [0.05, 0.1) is 18.8 Å². The Hall–Kier alpha value is -0.0551. The van der Waals surface area contributed by atoms with E-state index in [0.717, 1.165) is 12.8 Å². The highest BCUT2D eigenvalue weighted by Crippen LogP contribution is 2.27. The molecule has 1 saturated carbocycles. The summed E-state index contributed by atoms with van der Waals surface area (Å²) in [5, 5.41) is 9.18. The smallest absolute Gasteiger partial charge is 0.109 e. The van der Waals surface area contributed by atoms with Crippen LogP contribution in [0.1, 0.15) is 44.9 Å². The van der Waals surface area contributed by atoms with Crippen molar-refractivity contribution in [3.05, 3.63) is 0 Å².